The highest BCUT2D eigenvalue weighted by molar-refractivity contribution is 5.91. The van der Waals surface area contributed by atoms with Crippen LogP contribution in [0.1, 0.15) is 34.8 Å². The van der Waals surface area contributed by atoms with Crippen LogP contribution in [-0.4, -0.2) is 55.6 Å². The smallest absolute Gasteiger partial charge is 0.357 e. The lowest BCUT2D eigenvalue weighted by molar-refractivity contribution is -0.0282. The van der Waals surface area contributed by atoms with Crippen LogP contribution in [0.15, 0.2) is 18.2 Å². The Bertz CT molecular complexity index is 489. The number of nitrogens with zero attached hydrogens (tertiary/aromatic N) is 1. The highest BCUT2D eigenvalue weighted by atomic mass is 16.6. The van der Waals surface area contributed by atoms with Crippen molar-refractivity contribution < 1.29 is 28.5 Å². The van der Waals surface area contributed by atoms with Crippen LogP contribution in [0.25, 0.3) is 0 Å². The number of esters is 2. The molecule has 0 aliphatic carbocycles. The third-order valence-electron chi connectivity index (χ3n) is 2.86. The van der Waals surface area contributed by atoms with Gasteiger partial charge in [0.15, 0.2) is 0 Å². The van der Waals surface area contributed by atoms with Crippen LogP contribution in [-0.2, 0) is 18.9 Å². The second-order valence-corrected chi connectivity index (χ2v) is 4.99. The van der Waals surface area contributed by atoms with Crippen LogP contribution < -0.4 is 0 Å². The summed E-state index contributed by atoms with van der Waals surface area (Å²) in [7, 11) is 0. The van der Waals surface area contributed by atoms with Crippen molar-refractivity contribution in [3.63, 3.8) is 0 Å². The van der Waals surface area contributed by atoms with E-state index in [-0.39, 0.29) is 24.6 Å². The molecule has 22 heavy (non-hydrogen) atoms. The molecular formula is C15H19NO6. The summed E-state index contributed by atoms with van der Waals surface area (Å²) in [6.07, 6.45) is -0.845. The Balaban J connectivity index is 2.16. The van der Waals surface area contributed by atoms with Gasteiger partial charge in [0.25, 0.3) is 0 Å². The molecular weight excluding hydrogens is 290 g/mol. The molecule has 0 amide bonds. The van der Waals surface area contributed by atoms with E-state index in [1.165, 1.54) is 12.1 Å². The molecule has 1 aliphatic rings. The summed E-state index contributed by atoms with van der Waals surface area (Å²) >= 11 is 0. The van der Waals surface area contributed by atoms with E-state index in [4.69, 9.17) is 18.9 Å². The number of cyclic esters (lactones) is 2. The summed E-state index contributed by atoms with van der Waals surface area (Å²) in [6, 6.07) is 4.52. The molecule has 0 spiro atoms. The fourth-order valence-electron chi connectivity index (χ4n) is 1.83. The van der Waals surface area contributed by atoms with Crippen molar-refractivity contribution in [2.75, 3.05) is 26.4 Å². The SMILES string of the molecule is CC1COCCOCC(C)OC(=O)c2cccc(n2)C(=O)O1. The number of rotatable bonds is 0. The van der Waals surface area contributed by atoms with Gasteiger partial charge < -0.3 is 18.9 Å². The maximum absolute atomic E-state index is 12.0. The van der Waals surface area contributed by atoms with Crippen LogP contribution >= 0.6 is 0 Å². The highest BCUT2D eigenvalue weighted by Gasteiger charge is 2.18. The average Bonchev–Trinajstić information content (AvgIpc) is 2.50. The maximum atomic E-state index is 12.0. The van der Waals surface area contributed by atoms with Gasteiger partial charge in [0.05, 0.1) is 26.4 Å². The predicted octanol–water partition coefficient (Wildman–Crippen LogP) is 1.22. The lowest BCUT2D eigenvalue weighted by atomic mass is 10.3. The van der Waals surface area contributed by atoms with Gasteiger partial charge in [-0.25, -0.2) is 14.6 Å². The topological polar surface area (TPSA) is 84.0 Å². The van der Waals surface area contributed by atoms with Gasteiger partial charge in [-0.1, -0.05) is 6.07 Å². The number of carbonyl (C=O) groups is 2. The van der Waals surface area contributed by atoms with E-state index >= 15 is 0 Å². The van der Waals surface area contributed by atoms with E-state index in [9.17, 15) is 9.59 Å². The Morgan fingerprint density at radius 2 is 1.36 bits per heavy atom. The largest absolute Gasteiger partial charge is 0.455 e. The molecule has 0 saturated carbocycles. The fraction of sp³-hybridized carbons (Fsp3) is 0.533. The summed E-state index contributed by atoms with van der Waals surface area (Å²) in [6.45, 7) is 4.71. The second-order valence-electron chi connectivity index (χ2n) is 4.99. The molecule has 1 aliphatic heterocycles. The summed E-state index contributed by atoms with van der Waals surface area (Å²) in [5.41, 5.74) is 0.111. The van der Waals surface area contributed by atoms with Gasteiger partial charge in [0.2, 0.25) is 0 Å². The van der Waals surface area contributed by atoms with Crippen LogP contribution in [0.5, 0.6) is 0 Å². The number of ether oxygens (including phenoxy) is 4. The number of pyridine rings is 1. The zero-order valence-corrected chi connectivity index (χ0v) is 12.6. The monoisotopic (exact) mass is 309 g/mol. The van der Waals surface area contributed by atoms with Gasteiger partial charge >= 0.3 is 11.9 Å². The minimum atomic E-state index is -0.607. The Labute approximate surface area is 128 Å². The van der Waals surface area contributed by atoms with Crippen molar-refractivity contribution in [1.82, 2.24) is 4.98 Å². The molecule has 0 radical (unpaired) electrons. The third-order valence-corrected chi connectivity index (χ3v) is 2.86. The first-order valence-corrected chi connectivity index (χ1v) is 7.11. The Hall–Kier alpha value is -1.99. The average molecular weight is 309 g/mol. The van der Waals surface area contributed by atoms with E-state index in [1.807, 2.05) is 0 Å². The zero-order valence-electron chi connectivity index (χ0n) is 12.6. The molecule has 2 rings (SSSR count). The maximum Gasteiger partial charge on any atom is 0.357 e. The van der Waals surface area contributed by atoms with Crippen LogP contribution in [0.3, 0.4) is 0 Å². The van der Waals surface area contributed by atoms with Crippen LogP contribution in [0.2, 0.25) is 0 Å². The van der Waals surface area contributed by atoms with E-state index in [0.29, 0.717) is 13.2 Å². The van der Waals surface area contributed by atoms with Crippen molar-refractivity contribution in [2.24, 2.45) is 0 Å². The van der Waals surface area contributed by atoms with Gasteiger partial charge in [-0.3, -0.25) is 0 Å². The van der Waals surface area contributed by atoms with Crippen molar-refractivity contribution >= 4 is 11.9 Å². The van der Waals surface area contributed by atoms with E-state index in [2.05, 4.69) is 4.98 Å². The molecule has 0 saturated heterocycles. The molecule has 7 nitrogen and oxygen atoms in total. The zero-order chi connectivity index (χ0) is 15.9. The summed E-state index contributed by atoms with van der Waals surface area (Å²) in [5, 5.41) is 0. The first kappa shape index (κ1) is 16.4. The second kappa shape index (κ2) is 7.86. The molecule has 2 bridgehead atoms. The first-order chi connectivity index (χ1) is 10.6. The Morgan fingerprint density at radius 1 is 0.909 bits per heavy atom. The summed E-state index contributed by atoms with van der Waals surface area (Å²) in [5.74, 6) is -1.21. The molecule has 7 heteroatoms. The Morgan fingerprint density at radius 3 is 1.82 bits per heavy atom. The van der Waals surface area contributed by atoms with Crippen LogP contribution in [0.4, 0.5) is 0 Å². The van der Waals surface area contributed by atoms with Gasteiger partial charge in [-0.15, -0.1) is 0 Å². The van der Waals surface area contributed by atoms with Crippen molar-refractivity contribution in [2.45, 2.75) is 26.1 Å². The molecule has 0 fully saturated rings. The van der Waals surface area contributed by atoms with E-state index < -0.39 is 24.1 Å². The highest BCUT2D eigenvalue weighted by Crippen LogP contribution is 2.07. The van der Waals surface area contributed by atoms with E-state index in [0.717, 1.165) is 0 Å². The lowest BCUT2D eigenvalue weighted by Gasteiger charge is -2.13. The molecule has 2 unspecified atom stereocenters. The minimum Gasteiger partial charge on any atom is -0.455 e. The molecule has 0 N–H and O–H groups in total. The normalized spacial score (nSPS) is 24.6. The van der Waals surface area contributed by atoms with Crippen molar-refractivity contribution in [3.05, 3.63) is 29.6 Å². The standard InChI is InChI=1S/C15H19NO6/c1-10-8-19-6-7-20-9-11(2)22-15(18)13-5-3-4-12(16-13)14(17)21-10/h3-5,10-11H,6-9H2,1-2H3. The molecule has 0 aromatic carbocycles. The van der Waals surface area contributed by atoms with Gasteiger partial charge in [0, 0.05) is 0 Å². The number of carbonyl (C=O) groups excluding carboxylic acids is 2. The number of fused-ring (bicyclic) bond motifs is 2. The fourth-order valence-corrected chi connectivity index (χ4v) is 1.83. The molecule has 1 aromatic heterocycles. The molecule has 120 valence electrons. The lowest BCUT2D eigenvalue weighted by Crippen LogP contribution is -2.22. The Kier molecular flexibility index (Phi) is 5.85. The molecule has 1 aromatic rings. The molecule has 2 heterocycles. The van der Waals surface area contributed by atoms with Crippen molar-refractivity contribution in [3.8, 4) is 0 Å². The number of aromatic nitrogens is 1. The number of hydrogen-bond acceptors (Lipinski definition) is 7. The first-order valence-electron chi connectivity index (χ1n) is 7.11. The van der Waals surface area contributed by atoms with Crippen molar-refractivity contribution in [1.29, 1.82) is 0 Å². The van der Waals surface area contributed by atoms with Gasteiger partial charge in [-0.05, 0) is 26.0 Å². The predicted molar refractivity (Wildman–Crippen MR) is 75.6 cm³/mol. The summed E-state index contributed by atoms with van der Waals surface area (Å²) < 4.78 is 21.1. The number of hydrogen-bond donors (Lipinski definition) is 0. The minimum absolute atomic E-state index is 0.0556. The quantitative estimate of drug-likeness (QED) is 0.666. The molecule has 2 atom stereocenters. The third kappa shape index (κ3) is 4.78. The summed E-state index contributed by atoms with van der Waals surface area (Å²) in [4.78, 5) is 27.9. The van der Waals surface area contributed by atoms with Gasteiger partial charge in [0.1, 0.15) is 23.6 Å². The van der Waals surface area contributed by atoms with Gasteiger partial charge in [-0.2, -0.15) is 0 Å². The van der Waals surface area contributed by atoms with Crippen LogP contribution in [0, 0.1) is 0 Å². The van der Waals surface area contributed by atoms with E-state index in [1.54, 1.807) is 19.9 Å².